The van der Waals surface area contributed by atoms with Crippen molar-refractivity contribution in [1.29, 1.82) is 0 Å². The van der Waals surface area contributed by atoms with E-state index >= 15 is 0 Å². The van der Waals surface area contributed by atoms with Gasteiger partial charge in [-0.2, -0.15) is 0 Å². The van der Waals surface area contributed by atoms with Gasteiger partial charge in [-0.1, -0.05) is 6.07 Å². The lowest BCUT2D eigenvalue weighted by atomic mass is 10.0. The average molecular weight is 215 g/mol. The monoisotopic (exact) mass is 215 g/mol. The number of nitrogens with two attached hydrogens (primary N) is 1. The van der Waals surface area contributed by atoms with Gasteiger partial charge in [-0.15, -0.1) is 0 Å². The first-order valence-corrected chi connectivity index (χ1v) is 4.32. The number of carbonyl (C=O) groups is 1. The summed E-state index contributed by atoms with van der Waals surface area (Å²) < 4.78 is 30.1. The predicted octanol–water partition coefficient (Wildman–Crippen LogP) is 1.53. The second-order valence-corrected chi connectivity index (χ2v) is 3.05. The molecule has 0 aliphatic heterocycles. The summed E-state index contributed by atoms with van der Waals surface area (Å²) in [6.07, 6.45) is -0.140. The van der Waals surface area contributed by atoms with E-state index in [-0.39, 0.29) is 12.0 Å². The van der Waals surface area contributed by atoms with Crippen LogP contribution in [-0.4, -0.2) is 13.1 Å². The molecule has 2 N–H and O–H groups in total. The zero-order valence-corrected chi connectivity index (χ0v) is 8.17. The second kappa shape index (κ2) is 4.84. The zero-order valence-electron chi connectivity index (χ0n) is 8.17. The summed E-state index contributed by atoms with van der Waals surface area (Å²) in [6.45, 7) is 0. The minimum absolute atomic E-state index is 0.0989. The van der Waals surface area contributed by atoms with Gasteiger partial charge < -0.3 is 10.5 Å². The number of esters is 1. The standard InChI is InChI=1S/C10H11F2NO2/c1-15-10(14)5-9(13)7-3-2-6(11)4-8(7)12/h2-4,9H,5,13H2,1H3/t9-/m1/s1. The van der Waals surface area contributed by atoms with Crippen molar-refractivity contribution in [2.45, 2.75) is 12.5 Å². The summed E-state index contributed by atoms with van der Waals surface area (Å²) >= 11 is 0. The molecule has 0 amide bonds. The van der Waals surface area contributed by atoms with Gasteiger partial charge in [0.2, 0.25) is 0 Å². The van der Waals surface area contributed by atoms with Gasteiger partial charge in [-0.3, -0.25) is 4.79 Å². The van der Waals surface area contributed by atoms with Gasteiger partial charge in [0.15, 0.2) is 0 Å². The summed E-state index contributed by atoms with van der Waals surface area (Å²) in [4.78, 5) is 10.9. The molecule has 1 aromatic rings. The largest absolute Gasteiger partial charge is 0.469 e. The quantitative estimate of drug-likeness (QED) is 0.778. The Balaban J connectivity index is 2.82. The number of benzene rings is 1. The van der Waals surface area contributed by atoms with Crippen molar-refractivity contribution < 1.29 is 18.3 Å². The fourth-order valence-electron chi connectivity index (χ4n) is 1.18. The number of carbonyl (C=O) groups excluding carboxylic acids is 1. The van der Waals surface area contributed by atoms with Crippen LogP contribution in [0.2, 0.25) is 0 Å². The third-order valence-electron chi connectivity index (χ3n) is 1.98. The number of hydrogen-bond acceptors (Lipinski definition) is 3. The minimum Gasteiger partial charge on any atom is -0.469 e. The highest BCUT2D eigenvalue weighted by molar-refractivity contribution is 5.70. The van der Waals surface area contributed by atoms with E-state index < -0.39 is 23.6 Å². The van der Waals surface area contributed by atoms with Crippen LogP contribution in [0.3, 0.4) is 0 Å². The number of halogens is 2. The highest BCUT2D eigenvalue weighted by Gasteiger charge is 2.15. The van der Waals surface area contributed by atoms with Crippen LogP contribution in [0.25, 0.3) is 0 Å². The zero-order chi connectivity index (χ0) is 11.4. The van der Waals surface area contributed by atoms with Gasteiger partial charge in [0.05, 0.1) is 13.5 Å². The second-order valence-electron chi connectivity index (χ2n) is 3.05. The average Bonchev–Trinajstić information content (AvgIpc) is 2.17. The maximum Gasteiger partial charge on any atom is 0.307 e. The summed E-state index contributed by atoms with van der Waals surface area (Å²) in [6, 6.07) is 2.22. The molecule has 0 fully saturated rings. The lowest BCUT2D eigenvalue weighted by Gasteiger charge is -2.11. The van der Waals surface area contributed by atoms with Crippen LogP contribution < -0.4 is 5.73 Å². The van der Waals surface area contributed by atoms with Gasteiger partial charge in [0.25, 0.3) is 0 Å². The Morgan fingerprint density at radius 2 is 2.20 bits per heavy atom. The third kappa shape index (κ3) is 2.99. The van der Waals surface area contributed by atoms with Crippen LogP contribution >= 0.6 is 0 Å². The van der Waals surface area contributed by atoms with Gasteiger partial charge in [0.1, 0.15) is 11.6 Å². The maximum absolute atomic E-state index is 13.2. The van der Waals surface area contributed by atoms with E-state index in [0.717, 1.165) is 12.1 Å². The Labute approximate surface area is 85.8 Å². The van der Waals surface area contributed by atoms with E-state index in [1.165, 1.54) is 13.2 Å². The van der Waals surface area contributed by atoms with Crippen molar-refractivity contribution in [3.05, 3.63) is 35.4 Å². The van der Waals surface area contributed by atoms with Crippen molar-refractivity contribution in [2.75, 3.05) is 7.11 Å². The fraction of sp³-hybridized carbons (Fsp3) is 0.300. The first-order chi connectivity index (χ1) is 7.04. The van der Waals surface area contributed by atoms with Crippen LogP contribution in [0.1, 0.15) is 18.0 Å². The predicted molar refractivity (Wildman–Crippen MR) is 49.9 cm³/mol. The molecule has 3 nitrogen and oxygen atoms in total. The third-order valence-corrected chi connectivity index (χ3v) is 1.98. The van der Waals surface area contributed by atoms with Gasteiger partial charge in [0, 0.05) is 17.7 Å². The van der Waals surface area contributed by atoms with Crippen molar-refractivity contribution >= 4 is 5.97 Å². The van der Waals surface area contributed by atoms with Gasteiger partial charge >= 0.3 is 5.97 Å². The highest BCUT2D eigenvalue weighted by Crippen LogP contribution is 2.18. The van der Waals surface area contributed by atoms with E-state index in [9.17, 15) is 13.6 Å². The van der Waals surface area contributed by atoms with Crippen LogP contribution in [-0.2, 0) is 9.53 Å². The summed E-state index contributed by atoms with van der Waals surface area (Å²) in [5, 5.41) is 0. The molecule has 15 heavy (non-hydrogen) atoms. The van der Waals surface area contributed by atoms with Crippen molar-refractivity contribution in [3.8, 4) is 0 Å². The topological polar surface area (TPSA) is 52.3 Å². The molecule has 0 aliphatic carbocycles. The molecule has 1 rings (SSSR count). The molecular formula is C10H11F2NO2. The van der Waals surface area contributed by atoms with E-state index in [4.69, 9.17) is 5.73 Å². The first kappa shape index (κ1) is 11.6. The molecular weight excluding hydrogens is 204 g/mol. The number of hydrogen-bond donors (Lipinski definition) is 1. The summed E-state index contributed by atoms with van der Waals surface area (Å²) in [5.74, 6) is -1.97. The van der Waals surface area contributed by atoms with Crippen LogP contribution in [0, 0.1) is 11.6 Å². The molecule has 5 heteroatoms. The molecule has 0 bridgehead atoms. The molecule has 0 radical (unpaired) electrons. The van der Waals surface area contributed by atoms with Crippen molar-refractivity contribution in [3.63, 3.8) is 0 Å². The number of methoxy groups -OCH3 is 1. The molecule has 1 atom stereocenters. The molecule has 0 aromatic heterocycles. The Hall–Kier alpha value is -1.49. The fourth-order valence-corrected chi connectivity index (χ4v) is 1.18. The molecule has 0 spiro atoms. The summed E-state index contributed by atoms with van der Waals surface area (Å²) in [7, 11) is 1.22. The normalized spacial score (nSPS) is 12.3. The molecule has 0 saturated carbocycles. The SMILES string of the molecule is COC(=O)C[C@@H](N)c1ccc(F)cc1F. The van der Waals surface area contributed by atoms with E-state index in [0.29, 0.717) is 0 Å². The van der Waals surface area contributed by atoms with Crippen molar-refractivity contribution in [1.82, 2.24) is 0 Å². The maximum atomic E-state index is 13.2. The van der Waals surface area contributed by atoms with E-state index in [2.05, 4.69) is 4.74 Å². The van der Waals surface area contributed by atoms with Crippen LogP contribution in [0.4, 0.5) is 8.78 Å². The molecule has 0 heterocycles. The van der Waals surface area contributed by atoms with E-state index in [1.807, 2.05) is 0 Å². The number of ether oxygens (including phenoxy) is 1. The lowest BCUT2D eigenvalue weighted by molar-refractivity contribution is -0.141. The molecule has 0 aliphatic rings. The van der Waals surface area contributed by atoms with Gasteiger partial charge in [-0.25, -0.2) is 8.78 Å². The van der Waals surface area contributed by atoms with Crippen LogP contribution in [0.5, 0.6) is 0 Å². The highest BCUT2D eigenvalue weighted by atomic mass is 19.1. The molecule has 0 saturated heterocycles. The van der Waals surface area contributed by atoms with Gasteiger partial charge in [-0.05, 0) is 6.07 Å². The first-order valence-electron chi connectivity index (χ1n) is 4.32. The molecule has 82 valence electrons. The van der Waals surface area contributed by atoms with Crippen LogP contribution in [0.15, 0.2) is 18.2 Å². The summed E-state index contributed by atoms with van der Waals surface area (Å²) in [5.41, 5.74) is 5.66. The Morgan fingerprint density at radius 3 is 2.73 bits per heavy atom. The van der Waals surface area contributed by atoms with Crippen molar-refractivity contribution in [2.24, 2.45) is 5.73 Å². The lowest BCUT2D eigenvalue weighted by Crippen LogP contribution is -2.17. The smallest absolute Gasteiger partial charge is 0.307 e. The Morgan fingerprint density at radius 1 is 1.53 bits per heavy atom. The number of rotatable bonds is 3. The Kier molecular flexibility index (Phi) is 3.74. The Bertz CT molecular complexity index is 368. The minimum atomic E-state index is -0.821. The molecule has 1 aromatic carbocycles. The molecule has 0 unspecified atom stereocenters. The van der Waals surface area contributed by atoms with E-state index in [1.54, 1.807) is 0 Å².